The molecular formula is C8H10BrNOS. The van der Waals surface area contributed by atoms with Crippen LogP contribution in [0.1, 0.15) is 15.2 Å². The maximum Gasteiger partial charge on any atom is 0.261 e. The van der Waals surface area contributed by atoms with Gasteiger partial charge in [-0.25, -0.2) is 0 Å². The molecule has 0 spiro atoms. The van der Waals surface area contributed by atoms with E-state index >= 15 is 0 Å². The summed E-state index contributed by atoms with van der Waals surface area (Å²) < 4.78 is 0. The molecule has 0 aliphatic rings. The molecule has 66 valence electrons. The van der Waals surface area contributed by atoms with E-state index in [0.717, 1.165) is 15.8 Å². The molecule has 12 heavy (non-hydrogen) atoms. The Kier molecular flexibility index (Phi) is 3.75. The van der Waals surface area contributed by atoms with Crippen molar-refractivity contribution < 1.29 is 4.79 Å². The standard InChI is InChI=1S/C8H10BrNOS/c1-6-4-7(12-5-6)8(11)10-3-2-9/h4-5H,2-3H2,1H3,(H,10,11). The van der Waals surface area contributed by atoms with Crippen molar-refractivity contribution in [1.82, 2.24) is 5.32 Å². The molecule has 1 heterocycles. The predicted octanol–water partition coefficient (Wildman–Crippen LogP) is 2.18. The highest BCUT2D eigenvalue weighted by molar-refractivity contribution is 9.09. The van der Waals surface area contributed by atoms with Gasteiger partial charge in [0.15, 0.2) is 0 Å². The third-order valence-electron chi connectivity index (χ3n) is 1.33. The van der Waals surface area contributed by atoms with E-state index in [2.05, 4.69) is 21.2 Å². The predicted molar refractivity (Wildman–Crippen MR) is 55.2 cm³/mol. The zero-order valence-electron chi connectivity index (χ0n) is 6.76. The third-order valence-corrected chi connectivity index (χ3v) is 2.78. The van der Waals surface area contributed by atoms with Crippen LogP contribution in [0, 0.1) is 6.92 Å². The quantitative estimate of drug-likeness (QED) is 0.816. The van der Waals surface area contributed by atoms with Gasteiger partial charge >= 0.3 is 0 Å². The van der Waals surface area contributed by atoms with E-state index in [9.17, 15) is 4.79 Å². The highest BCUT2D eigenvalue weighted by atomic mass is 79.9. The van der Waals surface area contributed by atoms with E-state index in [1.54, 1.807) is 0 Å². The Morgan fingerprint density at radius 3 is 3.00 bits per heavy atom. The molecule has 0 aromatic carbocycles. The number of hydrogen-bond acceptors (Lipinski definition) is 2. The summed E-state index contributed by atoms with van der Waals surface area (Å²) in [6.45, 7) is 2.66. The Hall–Kier alpha value is -0.350. The van der Waals surface area contributed by atoms with Gasteiger partial charge in [0.1, 0.15) is 0 Å². The van der Waals surface area contributed by atoms with Gasteiger partial charge in [-0.1, -0.05) is 15.9 Å². The first kappa shape index (κ1) is 9.74. The molecule has 2 nitrogen and oxygen atoms in total. The van der Waals surface area contributed by atoms with E-state index in [4.69, 9.17) is 0 Å². The maximum atomic E-state index is 11.3. The minimum absolute atomic E-state index is 0.0209. The summed E-state index contributed by atoms with van der Waals surface area (Å²) in [4.78, 5) is 12.1. The molecule has 0 bridgehead atoms. The molecule has 1 amide bonds. The van der Waals surface area contributed by atoms with Crippen LogP contribution >= 0.6 is 27.3 Å². The van der Waals surface area contributed by atoms with Gasteiger partial charge in [-0.2, -0.15) is 0 Å². The zero-order chi connectivity index (χ0) is 8.97. The smallest absolute Gasteiger partial charge is 0.261 e. The van der Waals surface area contributed by atoms with E-state index < -0.39 is 0 Å². The summed E-state index contributed by atoms with van der Waals surface area (Å²) in [6, 6.07) is 1.90. The molecular weight excluding hydrogens is 238 g/mol. The third kappa shape index (κ3) is 2.60. The van der Waals surface area contributed by atoms with Gasteiger partial charge in [0.25, 0.3) is 5.91 Å². The number of carbonyl (C=O) groups is 1. The first-order valence-electron chi connectivity index (χ1n) is 3.63. The number of amides is 1. The van der Waals surface area contributed by atoms with Gasteiger partial charge in [0, 0.05) is 11.9 Å². The molecule has 1 aromatic heterocycles. The summed E-state index contributed by atoms with van der Waals surface area (Å²) in [7, 11) is 0. The highest BCUT2D eigenvalue weighted by Crippen LogP contribution is 2.12. The van der Waals surface area contributed by atoms with Crippen LogP contribution in [0.15, 0.2) is 11.4 Å². The fourth-order valence-electron chi connectivity index (χ4n) is 0.798. The molecule has 0 saturated heterocycles. The Morgan fingerprint density at radius 1 is 1.75 bits per heavy atom. The van der Waals surface area contributed by atoms with E-state index in [1.165, 1.54) is 11.3 Å². The molecule has 4 heteroatoms. The van der Waals surface area contributed by atoms with E-state index in [0.29, 0.717) is 6.54 Å². The lowest BCUT2D eigenvalue weighted by Gasteiger charge is -1.98. The van der Waals surface area contributed by atoms with Crippen LogP contribution in [0.25, 0.3) is 0 Å². The Bertz CT molecular complexity index is 272. The van der Waals surface area contributed by atoms with Crippen LogP contribution in [-0.2, 0) is 0 Å². The first-order valence-corrected chi connectivity index (χ1v) is 5.63. The molecule has 1 N–H and O–H groups in total. The number of nitrogens with one attached hydrogen (secondary N) is 1. The number of thiophene rings is 1. The number of rotatable bonds is 3. The van der Waals surface area contributed by atoms with Gasteiger partial charge in [-0.3, -0.25) is 4.79 Å². The topological polar surface area (TPSA) is 29.1 Å². The van der Waals surface area contributed by atoms with Crippen molar-refractivity contribution in [3.05, 3.63) is 21.9 Å². The molecule has 0 atom stereocenters. The Balaban J connectivity index is 2.53. The van der Waals surface area contributed by atoms with E-state index in [1.807, 2.05) is 18.4 Å². The molecule has 0 unspecified atom stereocenters. The number of halogens is 1. The lowest BCUT2D eigenvalue weighted by Crippen LogP contribution is -2.24. The second-order valence-corrected chi connectivity index (χ2v) is 4.14. The van der Waals surface area contributed by atoms with Crippen LogP contribution < -0.4 is 5.32 Å². The van der Waals surface area contributed by atoms with Crippen LogP contribution in [0.4, 0.5) is 0 Å². The van der Waals surface area contributed by atoms with Gasteiger partial charge in [0.05, 0.1) is 4.88 Å². The van der Waals surface area contributed by atoms with Crippen molar-refractivity contribution in [2.24, 2.45) is 0 Å². The van der Waals surface area contributed by atoms with Crippen molar-refractivity contribution in [3.63, 3.8) is 0 Å². The van der Waals surface area contributed by atoms with Crippen LogP contribution in [0.2, 0.25) is 0 Å². The lowest BCUT2D eigenvalue weighted by atomic mass is 10.3. The van der Waals surface area contributed by atoms with Crippen molar-refractivity contribution in [2.75, 3.05) is 11.9 Å². The zero-order valence-corrected chi connectivity index (χ0v) is 9.17. The molecule has 0 saturated carbocycles. The number of aryl methyl sites for hydroxylation is 1. The highest BCUT2D eigenvalue weighted by Gasteiger charge is 2.05. The van der Waals surface area contributed by atoms with Gasteiger partial charge < -0.3 is 5.32 Å². The normalized spacial score (nSPS) is 9.83. The summed E-state index contributed by atoms with van der Waals surface area (Å²) in [5.41, 5.74) is 1.14. The largest absolute Gasteiger partial charge is 0.351 e. The second kappa shape index (κ2) is 4.62. The fraction of sp³-hybridized carbons (Fsp3) is 0.375. The molecule has 1 rings (SSSR count). The number of alkyl halides is 1. The maximum absolute atomic E-state index is 11.3. The minimum atomic E-state index is 0.0209. The molecule has 0 aliphatic heterocycles. The lowest BCUT2D eigenvalue weighted by molar-refractivity contribution is 0.0960. The molecule has 0 aliphatic carbocycles. The van der Waals surface area contributed by atoms with Crippen LogP contribution in [-0.4, -0.2) is 17.8 Å². The van der Waals surface area contributed by atoms with Crippen molar-refractivity contribution >= 4 is 33.2 Å². The molecule has 1 aromatic rings. The van der Waals surface area contributed by atoms with Crippen molar-refractivity contribution in [3.8, 4) is 0 Å². The molecule has 0 fully saturated rings. The number of hydrogen-bond donors (Lipinski definition) is 1. The summed E-state index contributed by atoms with van der Waals surface area (Å²) in [5.74, 6) is 0.0209. The Morgan fingerprint density at radius 2 is 2.50 bits per heavy atom. The summed E-state index contributed by atoms with van der Waals surface area (Å²) in [5, 5.41) is 5.56. The van der Waals surface area contributed by atoms with Gasteiger partial charge in [0.2, 0.25) is 0 Å². The van der Waals surface area contributed by atoms with Crippen molar-refractivity contribution in [2.45, 2.75) is 6.92 Å². The van der Waals surface area contributed by atoms with Crippen molar-refractivity contribution in [1.29, 1.82) is 0 Å². The average molecular weight is 248 g/mol. The molecule has 0 radical (unpaired) electrons. The average Bonchev–Trinajstić information content (AvgIpc) is 2.47. The minimum Gasteiger partial charge on any atom is -0.351 e. The first-order chi connectivity index (χ1) is 5.74. The summed E-state index contributed by atoms with van der Waals surface area (Å²) in [6.07, 6.45) is 0. The van der Waals surface area contributed by atoms with Crippen LogP contribution in [0.3, 0.4) is 0 Å². The van der Waals surface area contributed by atoms with Gasteiger partial charge in [-0.15, -0.1) is 11.3 Å². The van der Waals surface area contributed by atoms with Gasteiger partial charge in [-0.05, 0) is 23.9 Å². The SMILES string of the molecule is Cc1csc(C(=O)NCCBr)c1. The van der Waals surface area contributed by atoms with Crippen LogP contribution in [0.5, 0.6) is 0 Å². The summed E-state index contributed by atoms with van der Waals surface area (Å²) >= 11 is 4.73. The monoisotopic (exact) mass is 247 g/mol. The number of carbonyl (C=O) groups excluding carboxylic acids is 1. The Labute approximate surface area is 84.1 Å². The fourth-order valence-corrected chi connectivity index (χ4v) is 1.81. The van der Waals surface area contributed by atoms with E-state index in [-0.39, 0.29) is 5.91 Å². The second-order valence-electron chi connectivity index (χ2n) is 2.43.